The third kappa shape index (κ3) is 3.08. The number of hydrogen-bond acceptors (Lipinski definition) is 5. The molecule has 1 amide bonds. The van der Waals surface area contributed by atoms with Crippen molar-refractivity contribution < 1.29 is 9.53 Å². The summed E-state index contributed by atoms with van der Waals surface area (Å²) < 4.78 is 7.27. The van der Waals surface area contributed by atoms with E-state index in [0.29, 0.717) is 19.1 Å². The molecule has 0 spiro atoms. The van der Waals surface area contributed by atoms with Crippen LogP contribution in [0.5, 0.6) is 0 Å². The normalized spacial score (nSPS) is 21.8. The van der Waals surface area contributed by atoms with E-state index >= 15 is 0 Å². The summed E-state index contributed by atoms with van der Waals surface area (Å²) in [5.74, 6) is 1.62. The van der Waals surface area contributed by atoms with Crippen molar-refractivity contribution in [2.24, 2.45) is 5.92 Å². The van der Waals surface area contributed by atoms with E-state index in [1.165, 1.54) is 0 Å². The summed E-state index contributed by atoms with van der Waals surface area (Å²) in [6.07, 6.45) is 6.46. The fraction of sp³-hybridized carbons (Fsp3) is 0.611. The van der Waals surface area contributed by atoms with E-state index in [0.717, 1.165) is 49.4 Å². The first-order valence-corrected chi connectivity index (χ1v) is 9.01. The Morgan fingerprint density at radius 1 is 1.28 bits per heavy atom. The average molecular weight is 343 g/mol. The number of anilines is 1. The van der Waals surface area contributed by atoms with Gasteiger partial charge in [0.15, 0.2) is 5.82 Å². The topological polar surface area (TPSA) is 63.0 Å². The van der Waals surface area contributed by atoms with Crippen molar-refractivity contribution in [1.29, 1.82) is 0 Å². The van der Waals surface area contributed by atoms with Gasteiger partial charge in [-0.05, 0) is 25.3 Å². The molecule has 2 aromatic heterocycles. The molecule has 2 fully saturated rings. The van der Waals surface area contributed by atoms with Gasteiger partial charge in [-0.3, -0.25) is 4.79 Å². The molecule has 25 heavy (non-hydrogen) atoms. The summed E-state index contributed by atoms with van der Waals surface area (Å²) in [5, 5.41) is 4.38. The van der Waals surface area contributed by atoms with Crippen LogP contribution in [-0.4, -0.2) is 65.8 Å². The quantitative estimate of drug-likeness (QED) is 0.846. The van der Waals surface area contributed by atoms with Gasteiger partial charge in [-0.2, -0.15) is 5.10 Å². The third-order valence-electron chi connectivity index (χ3n) is 5.30. The minimum absolute atomic E-state index is 0.131. The van der Waals surface area contributed by atoms with Gasteiger partial charge in [0.1, 0.15) is 5.52 Å². The molecule has 2 saturated heterocycles. The van der Waals surface area contributed by atoms with Gasteiger partial charge in [-0.25, -0.2) is 9.50 Å². The highest BCUT2D eigenvalue weighted by molar-refractivity contribution is 5.79. The van der Waals surface area contributed by atoms with Crippen molar-refractivity contribution in [3.05, 3.63) is 24.2 Å². The molecule has 0 unspecified atom stereocenters. The molecule has 2 aliphatic rings. The van der Waals surface area contributed by atoms with Crippen LogP contribution < -0.4 is 4.90 Å². The van der Waals surface area contributed by atoms with Crippen LogP contribution >= 0.6 is 0 Å². The number of fused-ring (bicyclic) bond motifs is 1. The number of carbonyl (C=O) groups excluding carboxylic acids is 1. The highest BCUT2D eigenvalue weighted by atomic mass is 16.5. The zero-order valence-corrected chi connectivity index (χ0v) is 14.9. The zero-order chi connectivity index (χ0) is 17.4. The molecule has 0 saturated carbocycles. The lowest BCUT2D eigenvalue weighted by Crippen LogP contribution is -2.37. The van der Waals surface area contributed by atoms with Crippen molar-refractivity contribution >= 4 is 17.2 Å². The van der Waals surface area contributed by atoms with Gasteiger partial charge in [0.05, 0.1) is 18.1 Å². The van der Waals surface area contributed by atoms with Gasteiger partial charge >= 0.3 is 0 Å². The Kier molecular flexibility index (Phi) is 4.33. The number of nitrogens with zero attached hydrogens (tertiary/aromatic N) is 5. The first-order valence-electron chi connectivity index (χ1n) is 9.01. The van der Waals surface area contributed by atoms with Gasteiger partial charge in [0.2, 0.25) is 5.91 Å². The summed E-state index contributed by atoms with van der Waals surface area (Å²) in [6.45, 7) is 2.98. The van der Waals surface area contributed by atoms with Crippen molar-refractivity contribution in [2.45, 2.75) is 25.2 Å². The van der Waals surface area contributed by atoms with Crippen LogP contribution in [0, 0.1) is 5.92 Å². The van der Waals surface area contributed by atoms with E-state index in [9.17, 15) is 4.79 Å². The molecule has 0 aliphatic carbocycles. The SMILES string of the molecule is CN(C)c1nc([C@H]2CCN(C(=O)C3CCOCC3)C2)cn2nccc12. The monoisotopic (exact) mass is 343 g/mol. The largest absolute Gasteiger partial charge is 0.381 e. The maximum Gasteiger partial charge on any atom is 0.225 e. The van der Waals surface area contributed by atoms with Crippen LogP contribution in [0.2, 0.25) is 0 Å². The second-order valence-corrected chi connectivity index (χ2v) is 7.20. The third-order valence-corrected chi connectivity index (χ3v) is 5.30. The van der Waals surface area contributed by atoms with Crippen LogP contribution in [0.1, 0.15) is 30.9 Å². The number of aromatic nitrogens is 3. The number of ether oxygens (including phenoxy) is 1. The lowest BCUT2D eigenvalue weighted by Gasteiger charge is -2.26. The van der Waals surface area contributed by atoms with E-state index in [-0.39, 0.29) is 11.8 Å². The van der Waals surface area contributed by atoms with Gasteiger partial charge in [-0.15, -0.1) is 0 Å². The maximum absolute atomic E-state index is 12.7. The molecular weight excluding hydrogens is 318 g/mol. The van der Waals surface area contributed by atoms with E-state index in [1.807, 2.05) is 40.7 Å². The molecule has 4 heterocycles. The molecule has 134 valence electrons. The second kappa shape index (κ2) is 6.63. The first-order chi connectivity index (χ1) is 12.1. The van der Waals surface area contributed by atoms with E-state index in [1.54, 1.807) is 6.20 Å². The lowest BCUT2D eigenvalue weighted by molar-refractivity contribution is -0.137. The van der Waals surface area contributed by atoms with Crippen LogP contribution in [0.15, 0.2) is 18.5 Å². The van der Waals surface area contributed by atoms with Crippen LogP contribution in [-0.2, 0) is 9.53 Å². The summed E-state index contributed by atoms with van der Waals surface area (Å²) >= 11 is 0. The molecule has 0 bridgehead atoms. The van der Waals surface area contributed by atoms with Crippen molar-refractivity contribution in [2.75, 3.05) is 45.3 Å². The highest BCUT2D eigenvalue weighted by Gasteiger charge is 2.33. The number of amides is 1. The Labute approximate surface area is 147 Å². The van der Waals surface area contributed by atoms with Gasteiger partial charge in [0, 0.05) is 52.2 Å². The first kappa shape index (κ1) is 16.3. The van der Waals surface area contributed by atoms with E-state index in [4.69, 9.17) is 9.72 Å². The Bertz CT molecular complexity index is 766. The molecule has 4 rings (SSSR count). The van der Waals surface area contributed by atoms with Crippen LogP contribution in [0.4, 0.5) is 5.82 Å². The standard InChI is InChI=1S/C18H25N5O2/c1-21(2)17-16-3-7-19-23(16)12-15(20-17)14-4-8-22(11-14)18(24)13-5-9-25-10-6-13/h3,7,12-14H,4-6,8-11H2,1-2H3/t14-/m0/s1. The highest BCUT2D eigenvalue weighted by Crippen LogP contribution is 2.30. The molecule has 2 aliphatic heterocycles. The molecular formula is C18H25N5O2. The van der Waals surface area contributed by atoms with Crippen LogP contribution in [0.3, 0.4) is 0 Å². The number of rotatable bonds is 3. The summed E-state index contributed by atoms with van der Waals surface area (Å²) in [7, 11) is 3.99. The van der Waals surface area contributed by atoms with Gasteiger partial charge < -0.3 is 14.5 Å². The summed E-state index contributed by atoms with van der Waals surface area (Å²) in [6, 6.07) is 1.97. The predicted molar refractivity (Wildman–Crippen MR) is 94.8 cm³/mol. The lowest BCUT2D eigenvalue weighted by atomic mass is 9.99. The Morgan fingerprint density at radius 3 is 2.84 bits per heavy atom. The molecule has 7 nitrogen and oxygen atoms in total. The summed E-state index contributed by atoms with van der Waals surface area (Å²) in [5.41, 5.74) is 2.02. The van der Waals surface area contributed by atoms with Gasteiger partial charge in [0.25, 0.3) is 0 Å². The maximum atomic E-state index is 12.7. The average Bonchev–Trinajstić information content (AvgIpc) is 3.30. The second-order valence-electron chi connectivity index (χ2n) is 7.20. The fourth-order valence-corrected chi connectivity index (χ4v) is 3.86. The Morgan fingerprint density at radius 2 is 2.08 bits per heavy atom. The Balaban J connectivity index is 1.53. The fourth-order valence-electron chi connectivity index (χ4n) is 3.86. The minimum atomic E-state index is 0.131. The number of hydrogen-bond donors (Lipinski definition) is 0. The predicted octanol–water partition coefficient (Wildman–Crippen LogP) is 1.54. The molecule has 0 aromatic carbocycles. The van der Waals surface area contributed by atoms with E-state index < -0.39 is 0 Å². The minimum Gasteiger partial charge on any atom is -0.381 e. The zero-order valence-electron chi connectivity index (χ0n) is 14.9. The van der Waals surface area contributed by atoms with Gasteiger partial charge in [-0.1, -0.05) is 0 Å². The molecule has 0 N–H and O–H groups in total. The molecule has 1 atom stereocenters. The Hall–Kier alpha value is -2.15. The molecule has 0 radical (unpaired) electrons. The smallest absolute Gasteiger partial charge is 0.225 e. The van der Waals surface area contributed by atoms with Crippen molar-refractivity contribution in [1.82, 2.24) is 19.5 Å². The summed E-state index contributed by atoms with van der Waals surface area (Å²) in [4.78, 5) is 21.6. The van der Waals surface area contributed by atoms with E-state index in [2.05, 4.69) is 5.10 Å². The van der Waals surface area contributed by atoms with Crippen LogP contribution in [0.25, 0.3) is 5.52 Å². The molecule has 2 aromatic rings. The number of carbonyl (C=O) groups is 1. The number of likely N-dealkylation sites (tertiary alicyclic amines) is 1. The van der Waals surface area contributed by atoms with Crippen molar-refractivity contribution in [3.8, 4) is 0 Å². The van der Waals surface area contributed by atoms with Crippen molar-refractivity contribution in [3.63, 3.8) is 0 Å². The molecule has 7 heteroatoms.